The van der Waals surface area contributed by atoms with E-state index in [4.69, 9.17) is 4.74 Å². The van der Waals surface area contributed by atoms with Gasteiger partial charge in [0.25, 0.3) is 5.91 Å². The highest BCUT2D eigenvalue weighted by atomic mass is 32.2. The Morgan fingerprint density at radius 3 is 2.90 bits per heavy atom. The maximum atomic E-state index is 12.6. The number of ether oxygens (including phenoxy) is 1. The molecule has 0 spiro atoms. The highest BCUT2D eigenvalue weighted by molar-refractivity contribution is 8.00. The number of hydrogen-bond acceptors (Lipinski definition) is 9. The van der Waals surface area contributed by atoms with Crippen LogP contribution in [-0.4, -0.2) is 70.3 Å². The van der Waals surface area contributed by atoms with Crippen molar-refractivity contribution in [2.45, 2.75) is 24.8 Å². The van der Waals surface area contributed by atoms with E-state index in [0.29, 0.717) is 5.57 Å². The molecule has 2 amide bonds. The predicted octanol–water partition coefficient (Wildman–Crippen LogP) is 0.168. The van der Waals surface area contributed by atoms with Crippen LogP contribution in [-0.2, 0) is 30.3 Å². The molecule has 3 heterocycles. The zero-order valence-electron chi connectivity index (χ0n) is 16.0. The first-order valence-corrected chi connectivity index (χ1v) is 11.0. The monoisotopic (exact) mass is 452 g/mol. The van der Waals surface area contributed by atoms with E-state index >= 15 is 0 Å². The van der Waals surface area contributed by atoms with Crippen LogP contribution in [0.4, 0.5) is 0 Å². The molecule has 0 radical (unpaired) electrons. The predicted molar refractivity (Wildman–Crippen MR) is 111 cm³/mol. The van der Waals surface area contributed by atoms with Crippen molar-refractivity contribution in [2.24, 2.45) is 5.10 Å². The van der Waals surface area contributed by atoms with Gasteiger partial charge in [0.2, 0.25) is 5.91 Å². The molecule has 2 aliphatic heterocycles. The highest BCUT2D eigenvalue weighted by Crippen LogP contribution is 2.39. The van der Waals surface area contributed by atoms with Crippen LogP contribution in [0, 0.1) is 0 Å². The van der Waals surface area contributed by atoms with Crippen LogP contribution < -0.4 is 10.7 Å². The third-order valence-corrected chi connectivity index (χ3v) is 6.45. The minimum Gasteiger partial charge on any atom is -0.477 e. The number of carbonyl (C=O) groups is 4. The Morgan fingerprint density at radius 1 is 1.43 bits per heavy atom. The third kappa shape index (κ3) is 4.82. The number of hydrogen-bond donors (Lipinski definition) is 3. The molecule has 0 aliphatic carbocycles. The molecule has 3 rings (SSSR count). The van der Waals surface area contributed by atoms with Gasteiger partial charge in [0.05, 0.1) is 19.2 Å². The third-order valence-electron chi connectivity index (χ3n) is 4.27. The van der Waals surface area contributed by atoms with Gasteiger partial charge in [0.1, 0.15) is 23.7 Å². The molecule has 1 fully saturated rings. The van der Waals surface area contributed by atoms with Crippen LogP contribution in [0.3, 0.4) is 0 Å². The minimum absolute atomic E-state index is 0.156. The standard InChI is InChI=1S/C18H20N4O6S2/c1-2-28-13(24)8-20-19-7-10-9-30-17-14(16(25)22(17)15(10)18(26)27)21-12(23)6-11-4-3-5-29-11/h3-5,7,14,17,20H,2,6,8-9H2,1H3,(H,21,23)(H,26,27)/b19-7+/t14?,17-/m1/s1. The van der Waals surface area contributed by atoms with Crippen LogP contribution in [0.5, 0.6) is 0 Å². The van der Waals surface area contributed by atoms with E-state index in [1.54, 1.807) is 6.92 Å². The molecule has 2 aliphatic rings. The van der Waals surface area contributed by atoms with Crippen LogP contribution in [0.2, 0.25) is 0 Å². The summed E-state index contributed by atoms with van der Waals surface area (Å²) in [6, 6.07) is 2.91. The number of thiophene rings is 1. The van der Waals surface area contributed by atoms with Gasteiger partial charge in [-0.1, -0.05) is 6.07 Å². The largest absolute Gasteiger partial charge is 0.477 e. The summed E-state index contributed by atoms with van der Waals surface area (Å²) in [6.07, 6.45) is 1.45. The number of esters is 1. The zero-order valence-corrected chi connectivity index (χ0v) is 17.6. The Labute approximate surface area is 180 Å². The van der Waals surface area contributed by atoms with E-state index in [2.05, 4.69) is 15.8 Å². The molecule has 1 aromatic heterocycles. The van der Waals surface area contributed by atoms with Crippen LogP contribution in [0.1, 0.15) is 11.8 Å². The number of nitrogens with one attached hydrogen (secondary N) is 2. The van der Waals surface area contributed by atoms with E-state index in [1.165, 1.54) is 34.2 Å². The maximum absolute atomic E-state index is 12.6. The maximum Gasteiger partial charge on any atom is 0.353 e. The van der Waals surface area contributed by atoms with E-state index in [9.17, 15) is 24.3 Å². The molecule has 1 aromatic rings. The van der Waals surface area contributed by atoms with E-state index < -0.39 is 29.3 Å². The van der Waals surface area contributed by atoms with Crippen molar-refractivity contribution in [3.63, 3.8) is 0 Å². The number of carbonyl (C=O) groups excluding carboxylic acids is 3. The van der Waals surface area contributed by atoms with E-state index in [0.717, 1.165) is 4.88 Å². The Balaban J connectivity index is 1.63. The molecule has 3 N–H and O–H groups in total. The normalized spacial score (nSPS) is 20.6. The van der Waals surface area contributed by atoms with Gasteiger partial charge in [-0.05, 0) is 18.4 Å². The van der Waals surface area contributed by atoms with Crippen molar-refractivity contribution < 1.29 is 29.0 Å². The number of hydrazone groups is 1. The molecule has 1 saturated heterocycles. The number of thioether (sulfide) groups is 1. The number of carboxylic acids is 1. The average molecular weight is 453 g/mol. The molecule has 0 bridgehead atoms. The van der Waals surface area contributed by atoms with E-state index in [-0.39, 0.29) is 36.9 Å². The first-order chi connectivity index (χ1) is 14.4. The first kappa shape index (κ1) is 21.8. The summed E-state index contributed by atoms with van der Waals surface area (Å²) < 4.78 is 4.75. The summed E-state index contributed by atoms with van der Waals surface area (Å²) in [5.41, 5.74) is 2.65. The summed E-state index contributed by atoms with van der Waals surface area (Å²) in [5, 5.41) is 17.5. The molecule has 1 unspecified atom stereocenters. The van der Waals surface area contributed by atoms with Crippen molar-refractivity contribution in [1.29, 1.82) is 0 Å². The number of nitrogens with zero attached hydrogens (tertiary/aromatic N) is 2. The van der Waals surface area contributed by atoms with Crippen LogP contribution >= 0.6 is 23.1 Å². The Hall–Kier alpha value is -2.86. The molecule has 0 saturated carbocycles. The van der Waals surface area contributed by atoms with Gasteiger partial charge in [-0.15, -0.1) is 23.1 Å². The van der Waals surface area contributed by atoms with Gasteiger partial charge in [-0.3, -0.25) is 24.7 Å². The highest BCUT2D eigenvalue weighted by Gasteiger charge is 2.54. The quantitative estimate of drug-likeness (QED) is 0.209. The fraction of sp³-hybridized carbons (Fsp3) is 0.389. The summed E-state index contributed by atoms with van der Waals surface area (Å²) in [6.45, 7) is 1.78. The van der Waals surface area contributed by atoms with Gasteiger partial charge in [0, 0.05) is 16.2 Å². The Kier molecular flexibility index (Phi) is 7.11. The van der Waals surface area contributed by atoms with Crippen LogP contribution in [0.15, 0.2) is 33.9 Å². The van der Waals surface area contributed by atoms with Gasteiger partial charge in [-0.25, -0.2) is 4.79 Å². The molecule has 160 valence electrons. The SMILES string of the molecule is CCOC(=O)CN/N=C/C1=C(C(=O)O)N2C(=O)C(NC(=O)Cc3cccs3)[C@H]2SC1. The molecule has 30 heavy (non-hydrogen) atoms. The topological polar surface area (TPSA) is 137 Å². The lowest BCUT2D eigenvalue weighted by Crippen LogP contribution is -2.70. The second-order valence-corrected chi connectivity index (χ2v) is 8.43. The molecular weight excluding hydrogens is 432 g/mol. The first-order valence-electron chi connectivity index (χ1n) is 9.06. The van der Waals surface area contributed by atoms with Crippen molar-refractivity contribution >= 4 is 53.1 Å². The van der Waals surface area contributed by atoms with Gasteiger partial charge in [0.15, 0.2) is 0 Å². The number of carboxylic acid groups (broad SMARTS) is 1. The van der Waals surface area contributed by atoms with E-state index in [1.807, 2.05) is 17.5 Å². The molecule has 10 nitrogen and oxygen atoms in total. The summed E-state index contributed by atoms with van der Waals surface area (Å²) in [4.78, 5) is 49.9. The lowest BCUT2D eigenvalue weighted by Gasteiger charge is -2.49. The minimum atomic E-state index is -1.26. The number of amides is 2. The number of aliphatic carboxylic acids is 1. The Morgan fingerprint density at radius 2 is 2.23 bits per heavy atom. The molecule has 12 heteroatoms. The number of β-lactam (4-membered cyclic amide) rings is 1. The second kappa shape index (κ2) is 9.76. The summed E-state index contributed by atoms with van der Waals surface area (Å²) >= 11 is 2.79. The number of rotatable bonds is 9. The lowest BCUT2D eigenvalue weighted by molar-refractivity contribution is -0.150. The van der Waals surface area contributed by atoms with Crippen LogP contribution in [0.25, 0.3) is 0 Å². The summed E-state index contributed by atoms with van der Waals surface area (Å²) in [5.74, 6) is -2.22. The fourth-order valence-corrected chi connectivity index (χ4v) is 4.98. The average Bonchev–Trinajstić information content (AvgIpc) is 3.21. The Bertz CT molecular complexity index is 898. The smallest absolute Gasteiger partial charge is 0.353 e. The second-order valence-electron chi connectivity index (χ2n) is 6.29. The molecular formula is C18H20N4O6S2. The fourth-order valence-electron chi connectivity index (χ4n) is 2.98. The van der Waals surface area contributed by atoms with Crippen molar-refractivity contribution in [1.82, 2.24) is 15.6 Å². The van der Waals surface area contributed by atoms with Crippen molar-refractivity contribution in [3.8, 4) is 0 Å². The summed E-state index contributed by atoms with van der Waals surface area (Å²) in [7, 11) is 0. The van der Waals surface area contributed by atoms with Crippen molar-refractivity contribution in [3.05, 3.63) is 33.7 Å². The molecule has 2 atom stereocenters. The zero-order chi connectivity index (χ0) is 21.7. The van der Waals surface area contributed by atoms with Gasteiger partial charge in [-0.2, -0.15) is 5.10 Å². The van der Waals surface area contributed by atoms with Crippen molar-refractivity contribution in [2.75, 3.05) is 18.9 Å². The molecule has 0 aromatic carbocycles. The van der Waals surface area contributed by atoms with Gasteiger partial charge >= 0.3 is 11.9 Å². The van der Waals surface area contributed by atoms with Gasteiger partial charge < -0.3 is 15.2 Å². The lowest BCUT2D eigenvalue weighted by atomic mass is 10.0. The number of fused-ring (bicyclic) bond motifs is 1.